The van der Waals surface area contributed by atoms with E-state index in [2.05, 4.69) is 5.32 Å². The van der Waals surface area contributed by atoms with Crippen LogP contribution >= 0.6 is 0 Å². The molecule has 1 heterocycles. The molecule has 0 aliphatic heterocycles. The molecule has 1 aliphatic rings. The summed E-state index contributed by atoms with van der Waals surface area (Å²) in [6.45, 7) is -0.495. The summed E-state index contributed by atoms with van der Waals surface area (Å²) in [7, 11) is 0. The quantitative estimate of drug-likeness (QED) is 0.408. The van der Waals surface area contributed by atoms with E-state index in [1.807, 2.05) is 29.1 Å². The van der Waals surface area contributed by atoms with Gasteiger partial charge in [-0.2, -0.15) is 0 Å². The molecule has 1 N–H and O–H groups in total. The van der Waals surface area contributed by atoms with Gasteiger partial charge < -0.3 is 14.6 Å². The molecule has 1 aromatic heterocycles. The molecule has 0 saturated carbocycles. The Balaban J connectivity index is 1.23. The molecule has 0 fully saturated rings. The zero-order valence-corrected chi connectivity index (χ0v) is 17.9. The number of rotatable bonds is 5. The highest BCUT2D eigenvalue weighted by molar-refractivity contribution is 6.28. The van der Waals surface area contributed by atoms with Crippen LogP contribution in [0.2, 0.25) is 0 Å². The lowest BCUT2D eigenvalue weighted by Gasteiger charge is -2.18. The number of nitrogens with one attached hydrogen (secondary N) is 1. The number of ether oxygens (including phenoxy) is 1. The van der Waals surface area contributed by atoms with Crippen LogP contribution in [0.4, 0.5) is 5.69 Å². The van der Waals surface area contributed by atoms with Crippen molar-refractivity contribution in [1.82, 2.24) is 4.57 Å². The van der Waals surface area contributed by atoms with E-state index >= 15 is 0 Å². The van der Waals surface area contributed by atoms with Gasteiger partial charge in [-0.3, -0.25) is 14.4 Å². The zero-order valence-electron chi connectivity index (χ0n) is 17.9. The van der Waals surface area contributed by atoms with E-state index in [9.17, 15) is 19.2 Å². The van der Waals surface area contributed by atoms with Crippen LogP contribution < -0.4 is 5.32 Å². The predicted molar refractivity (Wildman–Crippen MR) is 124 cm³/mol. The average molecular weight is 450 g/mol. The minimum atomic E-state index is -0.628. The van der Waals surface area contributed by atoms with Crippen molar-refractivity contribution in [3.8, 4) is 5.69 Å². The maximum Gasteiger partial charge on any atom is 0.338 e. The molecule has 166 valence electrons. The summed E-state index contributed by atoms with van der Waals surface area (Å²) in [5, 5.41) is 2.60. The van der Waals surface area contributed by atoms with Gasteiger partial charge in [-0.15, -0.1) is 0 Å². The third-order valence-corrected chi connectivity index (χ3v) is 5.55. The fourth-order valence-corrected chi connectivity index (χ4v) is 3.86. The number of hydrogen-bond donors (Lipinski definition) is 1. The molecule has 0 saturated heterocycles. The second-order valence-electron chi connectivity index (χ2n) is 7.73. The Morgan fingerprint density at radius 1 is 0.735 bits per heavy atom. The van der Waals surface area contributed by atoms with Crippen molar-refractivity contribution < 1.29 is 23.9 Å². The van der Waals surface area contributed by atoms with Crippen molar-refractivity contribution in [3.63, 3.8) is 0 Å². The number of aromatic nitrogens is 1. The molecule has 34 heavy (non-hydrogen) atoms. The van der Waals surface area contributed by atoms with Gasteiger partial charge in [0.15, 0.2) is 18.2 Å². The van der Waals surface area contributed by atoms with Gasteiger partial charge in [0.2, 0.25) is 0 Å². The SMILES string of the molecule is O=C(COC(=O)c1ccc(-n2cccc2)cc1)Nc1ccc2c(c1)C(=O)c1ccccc1C2=O. The van der Waals surface area contributed by atoms with Crippen molar-refractivity contribution in [2.24, 2.45) is 0 Å². The van der Waals surface area contributed by atoms with Crippen molar-refractivity contribution in [2.45, 2.75) is 0 Å². The van der Waals surface area contributed by atoms with Gasteiger partial charge in [-0.1, -0.05) is 24.3 Å². The van der Waals surface area contributed by atoms with Gasteiger partial charge >= 0.3 is 5.97 Å². The molecule has 1 amide bonds. The number of carbonyl (C=O) groups is 4. The molecule has 3 aromatic carbocycles. The monoisotopic (exact) mass is 450 g/mol. The number of benzene rings is 3. The molecule has 7 nitrogen and oxygen atoms in total. The normalized spacial score (nSPS) is 12.0. The standard InChI is InChI=1S/C27H18N2O5/c30-24(16-34-27(33)17-7-10-19(11-8-17)29-13-3-4-14-29)28-18-9-12-22-23(15-18)26(32)21-6-2-1-5-20(21)25(22)31/h1-15H,16H2,(H,28,30). The molecule has 4 aromatic rings. The van der Waals surface area contributed by atoms with E-state index in [0.29, 0.717) is 22.4 Å². The Kier molecular flexibility index (Phi) is 5.35. The van der Waals surface area contributed by atoms with Crippen LogP contribution in [0.5, 0.6) is 0 Å². The van der Waals surface area contributed by atoms with Gasteiger partial charge in [-0.25, -0.2) is 4.79 Å². The largest absolute Gasteiger partial charge is 0.452 e. The summed E-state index contributed by atoms with van der Waals surface area (Å²) in [6.07, 6.45) is 3.78. The number of amides is 1. The third kappa shape index (κ3) is 3.91. The highest BCUT2D eigenvalue weighted by Gasteiger charge is 2.29. The maximum absolute atomic E-state index is 12.8. The lowest BCUT2D eigenvalue weighted by atomic mass is 9.84. The number of ketones is 2. The molecule has 0 unspecified atom stereocenters. The van der Waals surface area contributed by atoms with Crippen LogP contribution in [0.3, 0.4) is 0 Å². The summed E-state index contributed by atoms with van der Waals surface area (Å²) >= 11 is 0. The first kappa shape index (κ1) is 21.1. The highest BCUT2D eigenvalue weighted by Crippen LogP contribution is 2.29. The van der Waals surface area contributed by atoms with Crippen LogP contribution in [0.25, 0.3) is 5.69 Å². The van der Waals surface area contributed by atoms with E-state index in [1.54, 1.807) is 48.5 Å². The van der Waals surface area contributed by atoms with Crippen molar-refractivity contribution in [1.29, 1.82) is 0 Å². The average Bonchev–Trinajstić information content (AvgIpc) is 3.41. The Hall–Kier alpha value is -4.78. The Labute approximate surface area is 194 Å². The van der Waals surface area contributed by atoms with E-state index in [1.165, 1.54) is 18.2 Å². The summed E-state index contributed by atoms with van der Waals surface area (Å²) in [4.78, 5) is 50.1. The highest BCUT2D eigenvalue weighted by atomic mass is 16.5. The number of hydrogen-bond acceptors (Lipinski definition) is 5. The van der Waals surface area contributed by atoms with Gasteiger partial charge in [0.05, 0.1) is 5.56 Å². The zero-order chi connectivity index (χ0) is 23.7. The molecule has 0 bridgehead atoms. The number of esters is 1. The molecular formula is C27H18N2O5. The minimum Gasteiger partial charge on any atom is -0.452 e. The van der Waals surface area contributed by atoms with Crippen LogP contribution in [0.1, 0.15) is 42.2 Å². The van der Waals surface area contributed by atoms with Crippen LogP contribution in [0, 0.1) is 0 Å². The lowest BCUT2D eigenvalue weighted by Crippen LogP contribution is -2.23. The van der Waals surface area contributed by atoms with E-state index < -0.39 is 18.5 Å². The number of anilines is 1. The minimum absolute atomic E-state index is 0.223. The summed E-state index contributed by atoms with van der Waals surface area (Å²) in [5.41, 5.74) is 2.75. The fraction of sp³-hybridized carbons (Fsp3) is 0.0370. The second-order valence-corrected chi connectivity index (χ2v) is 7.73. The maximum atomic E-state index is 12.8. The van der Waals surface area contributed by atoms with Gasteiger partial charge in [0, 0.05) is 46.0 Å². The molecule has 5 rings (SSSR count). The van der Waals surface area contributed by atoms with Crippen LogP contribution in [0.15, 0.2) is 91.3 Å². The molecule has 7 heteroatoms. The van der Waals surface area contributed by atoms with E-state index in [4.69, 9.17) is 4.74 Å². The lowest BCUT2D eigenvalue weighted by molar-refractivity contribution is -0.119. The van der Waals surface area contributed by atoms with Crippen molar-refractivity contribution >= 4 is 29.1 Å². The Morgan fingerprint density at radius 3 is 2.03 bits per heavy atom. The molecule has 0 radical (unpaired) electrons. The number of fused-ring (bicyclic) bond motifs is 2. The van der Waals surface area contributed by atoms with Crippen molar-refractivity contribution in [3.05, 3.63) is 119 Å². The Bertz CT molecular complexity index is 1440. The Morgan fingerprint density at radius 2 is 1.35 bits per heavy atom. The summed E-state index contributed by atoms with van der Waals surface area (Å²) < 4.78 is 7.01. The van der Waals surface area contributed by atoms with Crippen LogP contribution in [-0.2, 0) is 9.53 Å². The molecular weight excluding hydrogens is 432 g/mol. The number of carbonyl (C=O) groups excluding carboxylic acids is 4. The van der Waals surface area contributed by atoms with Gasteiger partial charge in [-0.05, 0) is 54.6 Å². The number of nitrogens with zero attached hydrogens (tertiary/aromatic N) is 1. The topological polar surface area (TPSA) is 94.5 Å². The molecule has 0 atom stereocenters. The van der Waals surface area contributed by atoms with Crippen molar-refractivity contribution in [2.75, 3.05) is 11.9 Å². The van der Waals surface area contributed by atoms with Gasteiger partial charge in [0.25, 0.3) is 5.91 Å². The first-order chi connectivity index (χ1) is 16.5. The smallest absolute Gasteiger partial charge is 0.338 e. The first-order valence-electron chi connectivity index (χ1n) is 10.5. The summed E-state index contributed by atoms with van der Waals surface area (Å²) in [6, 6.07) is 21.8. The second kappa shape index (κ2) is 8.63. The molecule has 1 aliphatic carbocycles. The van der Waals surface area contributed by atoms with E-state index in [-0.39, 0.29) is 22.7 Å². The van der Waals surface area contributed by atoms with Crippen LogP contribution in [-0.4, -0.2) is 34.6 Å². The first-order valence-corrected chi connectivity index (χ1v) is 10.5. The summed E-state index contributed by atoms with van der Waals surface area (Å²) in [5.74, 6) is -1.71. The fourth-order valence-electron chi connectivity index (χ4n) is 3.86. The predicted octanol–water partition coefficient (Wildman–Crippen LogP) is 4.05. The molecule has 0 spiro atoms. The van der Waals surface area contributed by atoms with E-state index in [0.717, 1.165) is 5.69 Å². The van der Waals surface area contributed by atoms with Gasteiger partial charge in [0.1, 0.15) is 0 Å². The third-order valence-electron chi connectivity index (χ3n) is 5.55.